The Morgan fingerprint density at radius 3 is 2.26 bits per heavy atom. The molecule has 2 rings (SSSR count). The van der Waals surface area contributed by atoms with E-state index in [1.54, 1.807) is 0 Å². The number of carboxylic acids is 1. The van der Waals surface area contributed by atoms with Crippen molar-refractivity contribution in [3.8, 4) is 11.3 Å². The molecule has 0 fully saturated rings. The van der Waals surface area contributed by atoms with Gasteiger partial charge in [-0.3, -0.25) is 0 Å². The zero-order valence-electron chi connectivity index (χ0n) is 11.2. The van der Waals surface area contributed by atoms with Crippen LogP contribution in [-0.4, -0.2) is 21.0 Å². The Morgan fingerprint density at radius 1 is 1.11 bits per heavy atom. The number of aromatic nitrogens is 2. The van der Waals surface area contributed by atoms with E-state index in [0.717, 1.165) is 5.56 Å². The van der Waals surface area contributed by atoms with Gasteiger partial charge in [0.2, 0.25) is 0 Å². The zero-order valence-corrected chi connectivity index (χ0v) is 11.2. The standard InChI is InChI=1S/C15H16N2O2/c1-15(2,3)11-6-4-10(5-7-11)12-8-13(14(18)19)17-9-16-12/h4-9H,1-3H3,(H,18,19). The van der Waals surface area contributed by atoms with Crippen LogP contribution in [0.15, 0.2) is 36.7 Å². The van der Waals surface area contributed by atoms with Gasteiger partial charge in [-0.15, -0.1) is 0 Å². The Balaban J connectivity index is 2.37. The predicted molar refractivity (Wildman–Crippen MR) is 73.1 cm³/mol. The van der Waals surface area contributed by atoms with Crippen molar-refractivity contribution >= 4 is 5.97 Å². The summed E-state index contributed by atoms with van der Waals surface area (Å²) in [5.41, 5.74) is 2.83. The van der Waals surface area contributed by atoms with Crippen molar-refractivity contribution in [2.45, 2.75) is 26.2 Å². The molecule has 0 saturated heterocycles. The SMILES string of the molecule is CC(C)(C)c1ccc(-c2cc(C(=O)O)ncn2)cc1. The minimum absolute atomic E-state index is 0.00454. The molecule has 1 heterocycles. The van der Waals surface area contributed by atoms with E-state index < -0.39 is 5.97 Å². The Labute approximate surface area is 112 Å². The highest BCUT2D eigenvalue weighted by molar-refractivity contribution is 5.86. The molecule has 0 amide bonds. The Hall–Kier alpha value is -2.23. The summed E-state index contributed by atoms with van der Waals surface area (Å²) >= 11 is 0. The molecule has 0 aliphatic rings. The molecule has 0 aliphatic carbocycles. The van der Waals surface area contributed by atoms with Gasteiger partial charge in [-0.1, -0.05) is 45.0 Å². The maximum absolute atomic E-state index is 10.9. The minimum Gasteiger partial charge on any atom is -0.477 e. The number of nitrogens with zero attached hydrogens (tertiary/aromatic N) is 2. The molecule has 0 spiro atoms. The average Bonchev–Trinajstić information content (AvgIpc) is 2.38. The van der Waals surface area contributed by atoms with Gasteiger partial charge in [0, 0.05) is 5.56 Å². The molecule has 98 valence electrons. The lowest BCUT2D eigenvalue weighted by Gasteiger charge is -2.19. The Kier molecular flexibility index (Phi) is 3.34. The largest absolute Gasteiger partial charge is 0.477 e. The van der Waals surface area contributed by atoms with E-state index in [9.17, 15) is 4.79 Å². The van der Waals surface area contributed by atoms with E-state index in [-0.39, 0.29) is 11.1 Å². The molecule has 4 heteroatoms. The van der Waals surface area contributed by atoms with Crippen molar-refractivity contribution < 1.29 is 9.90 Å². The van der Waals surface area contributed by atoms with E-state index in [2.05, 4.69) is 30.7 Å². The second-order valence-electron chi connectivity index (χ2n) is 5.42. The monoisotopic (exact) mass is 256 g/mol. The van der Waals surface area contributed by atoms with Crippen LogP contribution >= 0.6 is 0 Å². The van der Waals surface area contributed by atoms with Gasteiger partial charge in [-0.05, 0) is 17.0 Å². The summed E-state index contributed by atoms with van der Waals surface area (Å²) in [6.07, 6.45) is 1.27. The van der Waals surface area contributed by atoms with Gasteiger partial charge in [0.05, 0.1) is 5.69 Å². The van der Waals surface area contributed by atoms with Gasteiger partial charge in [0.25, 0.3) is 0 Å². The van der Waals surface area contributed by atoms with E-state index in [1.807, 2.05) is 24.3 Å². The summed E-state index contributed by atoms with van der Waals surface area (Å²) in [7, 11) is 0. The zero-order chi connectivity index (χ0) is 14.0. The number of aromatic carboxylic acids is 1. The van der Waals surface area contributed by atoms with Crippen LogP contribution in [-0.2, 0) is 5.41 Å². The second-order valence-corrected chi connectivity index (χ2v) is 5.42. The quantitative estimate of drug-likeness (QED) is 0.896. The summed E-state index contributed by atoms with van der Waals surface area (Å²) in [5, 5.41) is 8.92. The smallest absolute Gasteiger partial charge is 0.354 e. The third-order valence-electron chi connectivity index (χ3n) is 2.93. The maximum Gasteiger partial charge on any atom is 0.354 e. The van der Waals surface area contributed by atoms with Crippen molar-refractivity contribution in [1.82, 2.24) is 9.97 Å². The fraction of sp³-hybridized carbons (Fsp3) is 0.267. The number of carboxylic acid groups (broad SMARTS) is 1. The van der Waals surface area contributed by atoms with E-state index in [4.69, 9.17) is 5.11 Å². The van der Waals surface area contributed by atoms with Gasteiger partial charge in [0.15, 0.2) is 5.69 Å². The Morgan fingerprint density at radius 2 is 1.74 bits per heavy atom. The molecule has 0 radical (unpaired) electrons. The molecule has 1 aromatic carbocycles. The summed E-state index contributed by atoms with van der Waals surface area (Å²) in [5.74, 6) is -1.05. The second kappa shape index (κ2) is 4.80. The van der Waals surface area contributed by atoms with Crippen LogP contribution < -0.4 is 0 Å². The number of benzene rings is 1. The summed E-state index contributed by atoms with van der Waals surface area (Å²) in [4.78, 5) is 18.7. The third-order valence-corrected chi connectivity index (χ3v) is 2.93. The highest BCUT2D eigenvalue weighted by Gasteiger charge is 2.13. The number of rotatable bonds is 2. The first-order valence-electron chi connectivity index (χ1n) is 6.04. The molecular weight excluding hydrogens is 240 g/mol. The average molecular weight is 256 g/mol. The molecular formula is C15H16N2O2. The lowest BCUT2D eigenvalue weighted by molar-refractivity contribution is 0.0690. The molecule has 0 bridgehead atoms. The van der Waals surface area contributed by atoms with Crippen LogP contribution in [0.5, 0.6) is 0 Å². The predicted octanol–water partition coefficient (Wildman–Crippen LogP) is 3.14. The van der Waals surface area contributed by atoms with Crippen LogP contribution in [0.3, 0.4) is 0 Å². The first kappa shape index (κ1) is 13.2. The fourth-order valence-electron chi connectivity index (χ4n) is 1.77. The Bertz CT molecular complexity index is 598. The lowest BCUT2D eigenvalue weighted by Crippen LogP contribution is -2.10. The molecule has 0 aliphatic heterocycles. The molecule has 1 aromatic heterocycles. The first-order chi connectivity index (χ1) is 8.88. The van der Waals surface area contributed by atoms with Crippen LogP contribution in [0.4, 0.5) is 0 Å². The molecule has 2 aromatic rings. The maximum atomic E-state index is 10.9. The number of hydrogen-bond donors (Lipinski definition) is 1. The number of hydrogen-bond acceptors (Lipinski definition) is 3. The molecule has 0 unspecified atom stereocenters. The minimum atomic E-state index is -1.05. The third kappa shape index (κ3) is 2.96. The lowest BCUT2D eigenvalue weighted by atomic mass is 9.86. The van der Waals surface area contributed by atoms with Crippen LogP contribution in [0.2, 0.25) is 0 Å². The van der Waals surface area contributed by atoms with Gasteiger partial charge < -0.3 is 5.11 Å². The van der Waals surface area contributed by atoms with Gasteiger partial charge >= 0.3 is 5.97 Å². The molecule has 19 heavy (non-hydrogen) atoms. The van der Waals surface area contributed by atoms with E-state index in [1.165, 1.54) is 18.0 Å². The van der Waals surface area contributed by atoms with Crippen molar-refractivity contribution in [3.63, 3.8) is 0 Å². The van der Waals surface area contributed by atoms with Gasteiger partial charge in [-0.25, -0.2) is 14.8 Å². The van der Waals surface area contributed by atoms with Gasteiger partial charge in [-0.2, -0.15) is 0 Å². The van der Waals surface area contributed by atoms with Crippen molar-refractivity contribution in [2.24, 2.45) is 0 Å². The topological polar surface area (TPSA) is 63.1 Å². The normalized spacial score (nSPS) is 11.3. The highest BCUT2D eigenvalue weighted by atomic mass is 16.4. The first-order valence-corrected chi connectivity index (χ1v) is 6.04. The highest BCUT2D eigenvalue weighted by Crippen LogP contribution is 2.25. The summed E-state index contributed by atoms with van der Waals surface area (Å²) in [6, 6.07) is 9.47. The molecule has 0 atom stereocenters. The van der Waals surface area contributed by atoms with E-state index in [0.29, 0.717) is 5.69 Å². The molecule has 1 N–H and O–H groups in total. The van der Waals surface area contributed by atoms with Crippen molar-refractivity contribution in [1.29, 1.82) is 0 Å². The fourth-order valence-corrected chi connectivity index (χ4v) is 1.77. The van der Waals surface area contributed by atoms with E-state index >= 15 is 0 Å². The number of carbonyl (C=O) groups is 1. The van der Waals surface area contributed by atoms with Crippen LogP contribution in [0, 0.1) is 0 Å². The summed E-state index contributed by atoms with van der Waals surface area (Å²) < 4.78 is 0. The van der Waals surface area contributed by atoms with Crippen LogP contribution in [0.25, 0.3) is 11.3 Å². The molecule has 0 saturated carbocycles. The van der Waals surface area contributed by atoms with Crippen molar-refractivity contribution in [2.75, 3.05) is 0 Å². The van der Waals surface area contributed by atoms with Crippen LogP contribution in [0.1, 0.15) is 36.8 Å². The summed E-state index contributed by atoms with van der Waals surface area (Å²) in [6.45, 7) is 6.44. The molecule has 4 nitrogen and oxygen atoms in total. The van der Waals surface area contributed by atoms with Crippen molar-refractivity contribution in [3.05, 3.63) is 47.9 Å². The van der Waals surface area contributed by atoms with Gasteiger partial charge in [0.1, 0.15) is 6.33 Å².